The van der Waals surface area contributed by atoms with Crippen LogP contribution in [0.1, 0.15) is 12.0 Å². The van der Waals surface area contributed by atoms with Crippen molar-refractivity contribution in [1.29, 1.82) is 0 Å². The number of carbonyl (C=O) groups is 1. The van der Waals surface area contributed by atoms with Crippen LogP contribution in [0.2, 0.25) is 0 Å². The van der Waals surface area contributed by atoms with Gasteiger partial charge in [-0.1, -0.05) is 30.3 Å². The molecule has 0 aliphatic carbocycles. The Balaban J connectivity index is 2.71. The molecule has 0 spiro atoms. The van der Waals surface area contributed by atoms with Crippen LogP contribution in [0.3, 0.4) is 0 Å². The van der Waals surface area contributed by atoms with Crippen LogP contribution in [-0.2, 0) is 11.2 Å². The van der Waals surface area contributed by atoms with Gasteiger partial charge in [-0.3, -0.25) is 10.1 Å². The number of halogens is 3. The van der Waals surface area contributed by atoms with Crippen molar-refractivity contribution in [3.05, 3.63) is 35.9 Å². The second-order valence-electron chi connectivity index (χ2n) is 4.52. The molecule has 112 valence electrons. The third kappa shape index (κ3) is 5.68. The van der Waals surface area contributed by atoms with Gasteiger partial charge in [0, 0.05) is 5.92 Å². The number of carbonyl (C=O) groups excluding carboxylic acids is 1. The lowest BCUT2D eigenvalue weighted by Gasteiger charge is -2.18. The van der Waals surface area contributed by atoms with Crippen LogP contribution < -0.4 is 16.8 Å². The minimum Gasteiger partial charge on any atom is -0.304 e. The Bertz CT molecular complexity index is 421. The van der Waals surface area contributed by atoms with Gasteiger partial charge in [-0.05, 0) is 24.9 Å². The number of hydrogen-bond donors (Lipinski definition) is 3. The summed E-state index contributed by atoms with van der Waals surface area (Å²) in [5, 5.41) is 2.60. The molecule has 0 saturated carbocycles. The fourth-order valence-electron chi connectivity index (χ4n) is 1.88. The number of ketones is 1. The molecule has 1 aromatic carbocycles. The minimum atomic E-state index is -4.83. The summed E-state index contributed by atoms with van der Waals surface area (Å²) in [6.07, 6.45) is -5.57. The van der Waals surface area contributed by atoms with E-state index in [1.54, 1.807) is 30.3 Å². The Morgan fingerprint density at radius 2 is 1.80 bits per heavy atom. The Labute approximate surface area is 115 Å². The third-order valence-corrected chi connectivity index (χ3v) is 2.85. The van der Waals surface area contributed by atoms with Gasteiger partial charge in [0.25, 0.3) is 0 Å². The smallest absolute Gasteiger partial charge is 0.304 e. The first-order chi connectivity index (χ1) is 9.30. The van der Waals surface area contributed by atoms with Crippen molar-refractivity contribution in [2.45, 2.75) is 25.3 Å². The first kappa shape index (κ1) is 16.6. The Morgan fingerprint density at radius 1 is 1.20 bits per heavy atom. The van der Waals surface area contributed by atoms with Gasteiger partial charge >= 0.3 is 6.18 Å². The summed E-state index contributed by atoms with van der Waals surface area (Å²) in [5.41, 5.74) is 11.2. The standard InChI is InChI=1S/C13H18F3N3O/c14-13(15,16)11(20)10(6-7-19-12(17)18)8-9-4-2-1-3-5-9/h1-5,10,12,19H,6-8,17-18H2/t10-/m1/s1. The van der Waals surface area contributed by atoms with Gasteiger partial charge in [-0.25, -0.2) is 0 Å². The van der Waals surface area contributed by atoms with E-state index in [2.05, 4.69) is 5.32 Å². The van der Waals surface area contributed by atoms with Crippen molar-refractivity contribution < 1.29 is 18.0 Å². The number of benzene rings is 1. The first-order valence-electron chi connectivity index (χ1n) is 6.20. The monoisotopic (exact) mass is 289 g/mol. The van der Waals surface area contributed by atoms with Gasteiger partial charge in [0.2, 0.25) is 5.78 Å². The summed E-state index contributed by atoms with van der Waals surface area (Å²) in [5.74, 6) is -2.85. The van der Waals surface area contributed by atoms with E-state index in [0.29, 0.717) is 5.56 Å². The molecular formula is C13H18F3N3O. The van der Waals surface area contributed by atoms with E-state index in [1.165, 1.54) is 0 Å². The third-order valence-electron chi connectivity index (χ3n) is 2.85. The fourth-order valence-corrected chi connectivity index (χ4v) is 1.88. The number of hydrogen-bond acceptors (Lipinski definition) is 4. The zero-order chi connectivity index (χ0) is 15.2. The normalized spacial score (nSPS) is 13.5. The largest absolute Gasteiger partial charge is 0.450 e. The molecule has 1 rings (SSSR count). The topological polar surface area (TPSA) is 81.1 Å². The molecule has 0 radical (unpaired) electrons. The van der Waals surface area contributed by atoms with Crippen molar-refractivity contribution in [3.63, 3.8) is 0 Å². The van der Waals surface area contributed by atoms with Crippen LogP contribution in [-0.4, -0.2) is 24.8 Å². The summed E-state index contributed by atoms with van der Waals surface area (Å²) in [4.78, 5) is 11.4. The highest BCUT2D eigenvalue weighted by atomic mass is 19.4. The molecule has 4 nitrogen and oxygen atoms in total. The SMILES string of the molecule is NC(N)NCC[C@H](Cc1ccccc1)C(=O)C(F)(F)F. The lowest BCUT2D eigenvalue weighted by Crippen LogP contribution is -2.46. The second kappa shape index (κ2) is 7.37. The van der Waals surface area contributed by atoms with Crippen LogP contribution >= 0.6 is 0 Å². The van der Waals surface area contributed by atoms with Gasteiger partial charge < -0.3 is 11.5 Å². The van der Waals surface area contributed by atoms with Gasteiger partial charge in [0.05, 0.1) is 0 Å². The number of nitrogens with one attached hydrogen (secondary N) is 1. The number of Topliss-reactive ketones (excluding diaryl/α,β-unsaturated/α-hetero) is 1. The predicted octanol–water partition coefficient (Wildman–Crippen LogP) is 1.16. The minimum absolute atomic E-state index is 0.0259. The lowest BCUT2D eigenvalue weighted by atomic mass is 9.92. The predicted molar refractivity (Wildman–Crippen MR) is 69.5 cm³/mol. The Kier molecular flexibility index (Phi) is 6.12. The van der Waals surface area contributed by atoms with Crippen molar-refractivity contribution in [2.75, 3.05) is 6.54 Å². The molecular weight excluding hydrogens is 271 g/mol. The molecule has 0 heterocycles. The molecule has 7 heteroatoms. The van der Waals surface area contributed by atoms with Crippen LogP contribution in [0.4, 0.5) is 13.2 Å². The van der Waals surface area contributed by atoms with E-state index in [0.717, 1.165) is 0 Å². The summed E-state index contributed by atoms with van der Waals surface area (Å²) in [6.45, 7) is 0.150. The highest BCUT2D eigenvalue weighted by Gasteiger charge is 2.42. The molecule has 0 fully saturated rings. The van der Waals surface area contributed by atoms with Gasteiger partial charge in [-0.2, -0.15) is 13.2 Å². The van der Waals surface area contributed by atoms with Crippen LogP contribution in [0, 0.1) is 5.92 Å². The highest BCUT2D eigenvalue weighted by Crippen LogP contribution is 2.25. The van der Waals surface area contributed by atoms with E-state index in [4.69, 9.17) is 11.5 Å². The highest BCUT2D eigenvalue weighted by molar-refractivity contribution is 5.86. The summed E-state index contributed by atoms with van der Waals surface area (Å²) >= 11 is 0. The van der Waals surface area contributed by atoms with Crippen LogP contribution in [0.25, 0.3) is 0 Å². The van der Waals surface area contributed by atoms with E-state index >= 15 is 0 Å². The molecule has 0 aliphatic rings. The maximum atomic E-state index is 12.6. The second-order valence-corrected chi connectivity index (χ2v) is 4.52. The molecule has 0 unspecified atom stereocenters. The average Bonchev–Trinajstić information content (AvgIpc) is 2.36. The van der Waals surface area contributed by atoms with Crippen molar-refractivity contribution >= 4 is 5.78 Å². The Hall–Kier alpha value is -1.44. The molecule has 20 heavy (non-hydrogen) atoms. The maximum absolute atomic E-state index is 12.6. The number of nitrogens with two attached hydrogens (primary N) is 2. The molecule has 0 aliphatic heterocycles. The quantitative estimate of drug-likeness (QED) is 0.658. The summed E-state index contributed by atoms with van der Waals surface area (Å²) in [7, 11) is 0. The van der Waals surface area contributed by atoms with Crippen LogP contribution in [0.5, 0.6) is 0 Å². The van der Waals surface area contributed by atoms with Gasteiger partial charge in [-0.15, -0.1) is 0 Å². The molecule has 0 amide bonds. The zero-order valence-electron chi connectivity index (χ0n) is 10.9. The lowest BCUT2D eigenvalue weighted by molar-refractivity contribution is -0.175. The maximum Gasteiger partial charge on any atom is 0.450 e. The van der Waals surface area contributed by atoms with Crippen LogP contribution in [0.15, 0.2) is 30.3 Å². The Morgan fingerprint density at radius 3 is 2.30 bits per heavy atom. The van der Waals surface area contributed by atoms with E-state index < -0.39 is 24.2 Å². The molecule has 0 saturated heterocycles. The first-order valence-corrected chi connectivity index (χ1v) is 6.20. The van der Waals surface area contributed by atoms with E-state index in [-0.39, 0.29) is 19.4 Å². The molecule has 0 aromatic heterocycles. The number of rotatable bonds is 7. The average molecular weight is 289 g/mol. The van der Waals surface area contributed by atoms with Gasteiger partial charge in [0.15, 0.2) is 0 Å². The molecule has 1 atom stereocenters. The van der Waals surface area contributed by atoms with E-state index in [1.807, 2.05) is 0 Å². The van der Waals surface area contributed by atoms with E-state index in [9.17, 15) is 18.0 Å². The van der Waals surface area contributed by atoms with Crippen molar-refractivity contribution in [3.8, 4) is 0 Å². The summed E-state index contributed by atoms with van der Waals surface area (Å²) < 4.78 is 37.7. The zero-order valence-corrected chi connectivity index (χ0v) is 10.9. The molecule has 1 aromatic rings. The molecule has 5 N–H and O–H groups in total. The molecule has 0 bridgehead atoms. The number of alkyl halides is 3. The summed E-state index contributed by atoms with van der Waals surface area (Å²) in [6, 6.07) is 8.59. The van der Waals surface area contributed by atoms with Crippen molar-refractivity contribution in [1.82, 2.24) is 5.32 Å². The fraction of sp³-hybridized carbons (Fsp3) is 0.462. The van der Waals surface area contributed by atoms with Crippen molar-refractivity contribution in [2.24, 2.45) is 17.4 Å². The van der Waals surface area contributed by atoms with Gasteiger partial charge in [0.1, 0.15) is 6.29 Å².